The molecular formula is C104H152O2S6. The second-order valence-electron chi connectivity index (χ2n) is 32.9. The van der Waals surface area contributed by atoms with Gasteiger partial charge >= 0.3 is 5.97 Å². The number of carbonyl (C=O) groups excluding carboxylic acids is 1. The lowest BCUT2D eigenvalue weighted by Crippen LogP contribution is -2.03. The van der Waals surface area contributed by atoms with Gasteiger partial charge in [-0.15, -0.1) is 0 Å². The summed E-state index contributed by atoms with van der Waals surface area (Å²) in [6, 6.07) is 52.1. The van der Waals surface area contributed by atoms with Gasteiger partial charge in [-0.2, -0.15) is 70.6 Å². The fourth-order valence-corrected chi connectivity index (χ4v) is 21.4. The molecule has 0 bridgehead atoms. The number of carbonyl (C=O) groups is 1. The van der Waals surface area contributed by atoms with Crippen LogP contribution in [0, 0.1) is 0 Å². The molecule has 7 aromatic rings. The molecule has 0 spiro atoms. The first-order valence-corrected chi connectivity index (χ1v) is 52.3. The molecule has 0 N–H and O–H groups in total. The zero-order valence-electron chi connectivity index (χ0n) is 72.2. The van der Waals surface area contributed by atoms with E-state index in [9.17, 15) is 4.79 Å². The lowest BCUT2D eigenvalue weighted by atomic mass is 9.98. The average Bonchev–Trinajstić information content (AvgIpc) is 0.891. The molecule has 0 radical (unpaired) electrons. The van der Waals surface area contributed by atoms with E-state index in [-0.39, 0.29) is 5.97 Å². The van der Waals surface area contributed by atoms with Gasteiger partial charge in [-0.25, -0.2) is 4.79 Å². The summed E-state index contributed by atoms with van der Waals surface area (Å²) in [5, 5.41) is 0. The summed E-state index contributed by atoms with van der Waals surface area (Å²) in [6.45, 7) is 18.6. The molecule has 0 aliphatic carbocycles. The SMILES string of the molecule is CCCCCCc1cc(CCCCCC)cc(CSCc2cc(CSCc3cc(CCCCCC)cc(CCCCCC)c3)cc(CSCc3cc(CSCc4cc(CSCc5cc(CCCCCC)cc(CCCCCC)c5)cc(CSCc5cc(CCCCCC)cc(CCCCCC)c5)c4)cc(C(=O)OC)c3)c2)c1. The summed E-state index contributed by atoms with van der Waals surface area (Å²) in [5.74, 6) is 11.4. The van der Waals surface area contributed by atoms with Crippen LogP contribution in [0.3, 0.4) is 0 Å². The number of ether oxygens (including phenoxy) is 1. The molecule has 112 heavy (non-hydrogen) atoms. The van der Waals surface area contributed by atoms with E-state index in [1.54, 1.807) is 44.5 Å². The van der Waals surface area contributed by atoms with Gasteiger partial charge in [0.15, 0.2) is 0 Å². The van der Waals surface area contributed by atoms with Gasteiger partial charge < -0.3 is 4.74 Å². The minimum Gasteiger partial charge on any atom is -0.465 e. The Labute approximate surface area is 712 Å². The van der Waals surface area contributed by atoms with Crippen molar-refractivity contribution in [1.29, 1.82) is 0 Å². The number of hydrogen-bond donors (Lipinski definition) is 0. The Hall–Kier alpha value is -3.89. The monoisotopic (exact) mass is 1630 g/mol. The zero-order valence-corrected chi connectivity index (χ0v) is 77.1. The molecule has 2 nitrogen and oxygen atoms in total. The van der Waals surface area contributed by atoms with Crippen molar-refractivity contribution < 1.29 is 9.53 Å². The molecule has 0 saturated carbocycles. The Balaban J connectivity index is 1.09. The summed E-state index contributed by atoms with van der Waals surface area (Å²) in [4.78, 5) is 13.6. The standard InChI is InChI=1S/C104H152O2S6/c1-10-18-26-34-42-83-50-84(43-35-27-19-11-2)55-91(54-83)71-107-75-95-62-96(76-108-72-92-56-85(44-36-28-20-12-3)51-86(57-92)45-37-29-21-13-4)65-99(64-95)79-111-81-101-68-102(70-103(69-101)104(105)106-9)82-112-80-100-66-97(77-109-73-93-58-87(46-38-30-22-14-5)52-88(59-93)47-39-31-23-15-6)63-98(67-100)78-110-74-94-60-89(48-40-32-24-16-7)53-90(61-94)49-41-33-25-17-8/h50-70H,10-49,71-82H2,1-9H3. The maximum atomic E-state index is 13.6. The van der Waals surface area contributed by atoms with Crippen LogP contribution in [0.2, 0.25) is 0 Å². The van der Waals surface area contributed by atoms with Crippen LogP contribution in [0.4, 0.5) is 0 Å². The first-order valence-electron chi connectivity index (χ1n) is 45.4. The summed E-state index contributed by atoms with van der Waals surface area (Å²) in [5.41, 5.74) is 29.9. The molecule has 8 heteroatoms. The predicted octanol–water partition coefficient (Wildman–Crippen LogP) is 33.1. The maximum absolute atomic E-state index is 13.6. The summed E-state index contributed by atoms with van der Waals surface area (Å²) >= 11 is 12.3. The third-order valence-corrected chi connectivity index (χ3v) is 28.4. The van der Waals surface area contributed by atoms with Gasteiger partial charge in [0.05, 0.1) is 12.7 Å². The number of unbranched alkanes of at least 4 members (excludes halogenated alkanes) is 24. The van der Waals surface area contributed by atoms with E-state index in [1.165, 1.54) is 331 Å². The largest absolute Gasteiger partial charge is 0.465 e. The maximum Gasteiger partial charge on any atom is 0.337 e. The van der Waals surface area contributed by atoms with Gasteiger partial charge in [0.2, 0.25) is 0 Å². The molecule has 0 aliphatic rings. The van der Waals surface area contributed by atoms with Crippen molar-refractivity contribution in [3.8, 4) is 0 Å². The Morgan fingerprint density at radius 2 is 0.312 bits per heavy atom. The molecule has 7 rings (SSSR count). The van der Waals surface area contributed by atoms with E-state index in [2.05, 4.69) is 230 Å². The topological polar surface area (TPSA) is 26.3 Å². The number of esters is 1. The number of methoxy groups -OCH3 is 1. The number of thioether (sulfide) groups is 6. The molecule has 0 fully saturated rings. The van der Waals surface area contributed by atoms with Gasteiger partial charge in [-0.3, -0.25) is 0 Å². The molecular weight excluding hydrogens is 1470 g/mol. The minimum atomic E-state index is -0.259. The van der Waals surface area contributed by atoms with Crippen LogP contribution in [-0.2, 0) is 125 Å². The molecule has 0 aromatic heterocycles. The Kier molecular flexibility index (Phi) is 50.8. The molecule has 0 atom stereocenters. The fraction of sp³-hybridized carbons (Fsp3) is 0.587. The fourth-order valence-electron chi connectivity index (χ4n) is 16.0. The molecule has 0 heterocycles. The van der Waals surface area contributed by atoms with E-state index < -0.39 is 0 Å². The van der Waals surface area contributed by atoms with Crippen molar-refractivity contribution in [2.45, 2.75) is 381 Å². The van der Waals surface area contributed by atoms with E-state index >= 15 is 0 Å². The summed E-state index contributed by atoms with van der Waals surface area (Å²) in [7, 11) is 1.53. The van der Waals surface area contributed by atoms with Crippen LogP contribution in [0.25, 0.3) is 0 Å². The zero-order chi connectivity index (χ0) is 79.3. The first-order chi connectivity index (χ1) is 55.0. The average molecular weight is 1630 g/mol. The van der Waals surface area contributed by atoms with Crippen LogP contribution in [0.5, 0.6) is 0 Å². The number of benzene rings is 7. The van der Waals surface area contributed by atoms with Crippen molar-refractivity contribution in [3.63, 3.8) is 0 Å². The number of rotatable bonds is 65. The van der Waals surface area contributed by atoms with Gasteiger partial charge in [0.1, 0.15) is 0 Å². The van der Waals surface area contributed by atoms with Crippen LogP contribution >= 0.6 is 70.6 Å². The molecule has 0 aliphatic heterocycles. The van der Waals surface area contributed by atoms with Crippen LogP contribution in [-0.4, -0.2) is 13.1 Å². The minimum absolute atomic E-state index is 0.259. The Bertz CT molecular complexity index is 3140. The van der Waals surface area contributed by atoms with Gasteiger partial charge in [0, 0.05) is 69.0 Å². The van der Waals surface area contributed by atoms with Crippen LogP contribution in [0.15, 0.2) is 127 Å². The van der Waals surface area contributed by atoms with Crippen molar-refractivity contribution in [3.05, 3.63) is 244 Å². The highest BCUT2D eigenvalue weighted by molar-refractivity contribution is 7.98. The van der Waals surface area contributed by atoms with Crippen molar-refractivity contribution in [1.82, 2.24) is 0 Å². The summed E-state index contributed by atoms with van der Waals surface area (Å²) < 4.78 is 5.46. The second-order valence-corrected chi connectivity index (χ2v) is 38.8. The lowest BCUT2D eigenvalue weighted by molar-refractivity contribution is 0.0600. The lowest BCUT2D eigenvalue weighted by Gasteiger charge is -2.14. The van der Waals surface area contributed by atoms with Crippen molar-refractivity contribution in [2.24, 2.45) is 0 Å². The number of aryl methyl sites for hydroxylation is 8. The normalized spacial score (nSPS) is 11.6. The molecule has 0 amide bonds. The second kappa shape index (κ2) is 59.7. The van der Waals surface area contributed by atoms with Crippen molar-refractivity contribution >= 4 is 76.5 Å². The van der Waals surface area contributed by atoms with E-state index in [4.69, 9.17) is 4.74 Å². The van der Waals surface area contributed by atoms with E-state index in [0.717, 1.165) is 69.0 Å². The van der Waals surface area contributed by atoms with Crippen LogP contribution < -0.4 is 0 Å². The molecule has 7 aromatic carbocycles. The Morgan fingerprint density at radius 1 is 0.188 bits per heavy atom. The predicted molar refractivity (Wildman–Crippen MR) is 509 cm³/mol. The third kappa shape index (κ3) is 40.5. The third-order valence-electron chi connectivity index (χ3n) is 21.9. The van der Waals surface area contributed by atoms with Crippen LogP contribution in [0.1, 0.15) is 382 Å². The highest BCUT2D eigenvalue weighted by atomic mass is 32.2. The highest BCUT2D eigenvalue weighted by Crippen LogP contribution is 2.33. The smallest absolute Gasteiger partial charge is 0.337 e. The van der Waals surface area contributed by atoms with Gasteiger partial charge in [0.25, 0.3) is 0 Å². The number of hydrogen-bond acceptors (Lipinski definition) is 8. The van der Waals surface area contributed by atoms with Gasteiger partial charge in [-0.05, 0) is 226 Å². The molecule has 0 unspecified atom stereocenters. The van der Waals surface area contributed by atoms with Gasteiger partial charge in [-0.1, -0.05) is 325 Å². The molecule has 616 valence electrons. The Morgan fingerprint density at radius 3 is 0.446 bits per heavy atom. The quantitative estimate of drug-likeness (QED) is 0.0275. The summed E-state index contributed by atoms with van der Waals surface area (Å²) in [6.07, 6.45) is 51.3. The van der Waals surface area contributed by atoms with E-state index in [0.29, 0.717) is 5.56 Å². The van der Waals surface area contributed by atoms with Crippen molar-refractivity contribution in [2.75, 3.05) is 7.11 Å². The van der Waals surface area contributed by atoms with E-state index in [1.807, 2.05) is 23.5 Å². The first kappa shape index (κ1) is 95.3. The highest BCUT2D eigenvalue weighted by Gasteiger charge is 2.15. The molecule has 0 saturated heterocycles.